The normalized spacial score (nSPS) is 11.4. The summed E-state index contributed by atoms with van der Waals surface area (Å²) >= 11 is 5.40. The molecule has 2 aromatic carbocycles. The number of sulfonamides is 1. The van der Waals surface area contributed by atoms with Gasteiger partial charge in [-0.2, -0.15) is 0 Å². The lowest BCUT2D eigenvalue weighted by molar-refractivity contribution is 0.285. The molecule has 30 heavy (non-hydrogen) atoms. The lowest BCUT2D eigenvalue weighted by Crippen LogP contribution is -2.17. The Morgan fingerprint density at radius 2 is 1.90 bits per heavy atom. The predicted molar refractivity (Wildman–Crippen MR) is 125 cm³/mol. The molecule has 0 amide bonds. The predicted octanol–water partition coefficient (Wildman–Crippen LogP) is 5.08. The van der Waals surface area contributed by atoms with Crippen LogP contribution in [0, 0.1) is 5.92 Å². The Labute approximate surface area is 184 Å². The number of ether oxygens (including phenoxy) is 2. The van der Waals surface area contributed by atoms with Gasteiger partial charge in [-0.1, -0.05) is 45.4 Å². The van der Waals surface area contributed by atoms with E-state index in [9.17, 15) is 8.42 Å². The first-order valence-corrected chi connectivity index (χ1v) is 12.0. The zero-order valence-electron chi connectivity index (χ0n) is 17.7. The van der Waals surface area contributed by atoms with Gasteiger partial charge in [0.25, 0.3) is 0 Å². The lowest BCUT2D eigenvalue weighted by Gasteiger charge is -2.18. The average Bonchev–Trinajstić information content (AvgIpc) is 2.68. The molecule has 2 aromatic rings. The Hall–Kier alpha value is -2.16. The third-order valence-corrected chi connectivity index (χ3v) is 5.60. The summed E-state index contributed by atoms with van der Waals surface area (Å²) in [5.41, 5.74) is 0.973. The Kier molecular flexibility index (Phi) is 9.08. The Bertz CT molecular complexity index is 945. The highest BCUT2D eigenvalue weighted by Gasteiger charge is 2.23. The minimum Gasteiger partial charge on any atom is -0.483 e. The molecule has 0 heterocycles. The molecular weight excluding hydrogens is 420 g/mol. The van der Waals surface area contributed by atoms with Crippen LogP contribution in [0.15, 0.2) is 47.4 Å². The number of nitrogens with one attached hydrogen (secondary N) is 1. The molecule has 0 aliphatic carbocycles. The van der Waals surface area contributed by atoms with E-state index in [1.807, 2.05) is 18.2 Å². The van der Waals surface area contributed by atoms with Gasteiger partial charge in [-0.15, -0.1) is 0 Å². The van der Waals surface area contributed by atoms with Crippen LogP contribution in [-0.4, -0.2) is 26.6 Å². The van der Waals surface area contributed by atoms with E-state index in [4.69, 9.17) is 26.8 Å². The Morgan fingerprint density at radius 3 is 2.50 bits per heavy atom. The van der Waals surface area contributed by atoms with E-state index in [-0.39, 0.29) is 15.7 Å². The lowest BCUT2D eigenvalue weighted by atomic mass is 10.1. The number of unbranched alkanes of at least 4 members (excludes halogenated alkanes) is 1. The van der Waals surface area contributed by atoms with E-state index in [2.05, 4.69) is 26.1 Å². The van der Waals surface area contributed by atoms with Gasteiger partial charge in [0.2, 0.25) is 10.0 Å². The first-order chi connectivity index (χ1) is 14.2. The van der Waals surface area contributed by atoms with Gasteiger partial charge in [-0.25, -0.2) is 13.6 Å². The van der Waals surface area contributed by atoms with E-state index in [0.717, 1.165) is 19.3 Å². The Morgan fingerprint density at radius 1 is 1.20 bits per heavy atom. The molecule has 0 saturated carbocycles. The second-order valence-corrected chi connectivity index (χ2v) is 9.31. The van der Waals surface area contributed by atoms with Crippen molar-refractivity contribution in [2.75, 3.05) is 18.5 Å². The van der Waals surface area contributed by atoms with Crippen LogP contribution in [0.25, 0.3) is 0 Å². The zero-order chi connectivity index (χ0) is 22.1. The highest BCUT2D eigenvalue weighted by atomic mass is 32.2. The first-order valence-electron chi connectivity index (χ1n) is 10.1. The highest BCUT2D eigenvalue weighted by Crippen LogP contribution is 2.37. The minimum absolute atomic E-state index is 0.141. The molecule has 6 nitrogen and oxygen atoms in total. The van der Waals surface area contributed by atoms with Crippen molar-refractivity contribution in [3.63, 3.8) is 0 Å². The number of nitrogens with two attached hydrogens (primary N) is 1. The molecule has 0 aromatic heterocycles. The maximum absolute atomic E-state index is 12.4. The van der Waals surface area contributed by atoms with Gasteiger partial charge in [0.15, 0.2) is 10.8 Å². The maximum Gasteiger partial charge on any atom is 0.241 e. The summed E-state index contributed by atoms with van der Waals surface area (Å²) < 4.78 is 36.4. The molecule has 0 spiro atoms. The van der Waals surface area contributed by atoms with Crippen LogP contribution < -0.4 is 15.2 Å². The summed E-state index contributed by atoms with van der Waals surface area (Å²) in [4.78, 5) is -0.141. The number of rotatable bonds is 11. The molecule has 164 valence electrons. The standard InChI is InChI=1S/C22H30N2O4S2/c1-4-5-12-24-19-14-17(22(29)27-13-11-16(2)3)15-20(30(23,25)26)21(19)28-18-9-7-6-8-10-18/h6-10,14-16,24H,4-5,11-13H2,1-3H3,(H2,23,25,26). The van der Waals surface area contributed by atoms with Gasteiger partial charge in [0.1, 0.15) is 10.6 Å². The number of thiocarbonyl (C=S) groups is 1. The molecule has 3 N–H and O–H groups in total. The molecule has 0 radical (unpaired) electrons. The topological polar surface area (TPSA) is 90.6 Å². The summed E-state index contributed by atoms with van der Waals surface area (Å²) in [5.74, 6) is 1.12. The van der Waals surface area contributed by atoms with E-state index in [1.54, 1.807) is 18.2 Å². The van der Waals surface area contributed by atoms with Gasteiger partial charge in [-0.05, 0) is 55.2 Å². The smallest absolute Gasteiger partial charge is 0.241 e. The third kappa shape index (κ3) is 7.27. The van der Waals surface area contributed by atoms with Crippen LogP contribution in [-0.2, 0) is 14.8 Å². The minimum atomic E-state index is -4.08. The second kappa shape index (κ2) is 11.3. The summed E-state index contributed by atoms with van der Waals surface area (Å²) in [6.07, 6.45) is 2.74. The highest BCUT2D eigenvalue weighted by molar-refractivity contribution is 7.89. The van der Waals surface area contributed by atoms with Gasteiger partial charge in [-0.3, -0.25) is 0 Å². The largest absolute Gasteiger partial charge is 0.483 e. The molecule has 0 atom stereocenters. The average molecular weight is 451 g/mol. The van der Waals surface area contributed by atoms with Crippen molar-refractivity contribution in [2.24, 2.45) is 11.1 Å². The number of hydrogen-bond acceptors (Lipinski definition) is 6. The summed E-state index contributed by atoms with van der Waals surface area (Å²) in [5, 5.41) is 9.01. The van der Waals surface area contributed by atoms with E-state index in [0.29, 0.717) is 36.1 Å². The van der Waals surface area contributed by atoms with Crippen LogP contribution in [0.3, 0.4) is 0 Å². The van der Waals surface area contributed by atoms with Crippen molar-refractivity contribution in [1.29, 1.82) is 0 Å². The molecule has 0 bridgehead atoms. The van der Waals surface area contributed by atoms with Crippen molar-refractivity contribution in [3.8, 4) is 11.5 Å². The van der Waals surface area contributed by atoms with E-state index < -0.39 is 10.0 Å². The molecular formula is C22H30N2O4S2. The van der Waals surface area contributed by atoms with E-state index >= 15 is 0 Å². The van der Waals surface area contributed by atoms with Crippen molar-refractivity contribution >= 4 is 33.0 Å². The van der Waals surface area contributed by atoms with Crippen LogP contribution in [0.1, 0.15) is 45.6 Å². The SMILES string of the molecule is CCCCNc1cc(C(=S)OCCC(C)C)cc(S(N)(=O)=O)c1Oc1ccccc1. The molecule has 0 unspecified atom stereocenters. The number of hydrogen-bond donors (Lipinski definition) is 2. The van der Waals surface area contributed by atoms with Gasteiger partial charge in [0, 0.05) is 12.1 Å². The van der Waals surface area contributed by atoms with Gasteiger partial charge >= 0.3 is 0 Å². The van der Waals surface area contributed by atoms with Crippen molar-refractivity contribution in [3.05, 3.63) is 48.0 Å². The number of para-hydroxylation sites is 1. The second-order valence-electron chi connectivity index (χ2n) is 7.41. The number of benzene rings is 2. The van der Waals surface area contributed by atoms with E-state index in [1.165, 1.54) is 6.07 Å². The fourth-order valence-corrected chi connectivity index (χ4v) is 3.55. The fourth-order valence-electron chi connectivity index (χ4n) is 2.64. The van der Waals surface area contributed by atoms with Crippen molar-refractivity contribution in [1.82, 2.24) is 0 Å². The van der Waals surface area contributed by atoms with Crippen LogP contribution >= 0.6 is 12.2 Å². The molecule has 0 fully saturated rings. The number of anilines is 1. The quantitative estimate of drug-likeness (QED) is 0.367. The van der Waals surface area contributed by atoms with Crippen LogP contribution in [0.4, 0.5) is 5.69 Å². The molecule has 0 aliphatic heterocycles. The van der Waals surface area contributed by atoms with Crippen LogP contribution in [0.5, 0.6) is 11.5 Å². The summed E-state index contributed by atoms with van der Waals surface area (Å²) in [7, 11) is -4.08. The third-order valence-electron chi connectivity index (χ3n) is 4.33. The first kappa shape index (κ1) is 24.1. The fraction of sp³-hybridized carbons (Fsp3) is 0.409. The van der Waals surface area contributed by atoms with Crippen molar-refractivity contribution < 1.29 is 17.9 Å². The molecule has 8 heteroatoms. The zero-order valence-corrected chi connectivity index (χ0v) is 19.3. The van der Waals surface area contributed by atoms with Crippen molar-refractivity contribution in [2.45, 2.75) is 44.9 Å². The number of primary sulfonamides is 1. The summed E-state index contributed by atoms with van der Waals surface area (Å²) in [6.45, 7) is 7.37. The monoisotopic (exact) mass is 450 g/mol. The van der Waals surface area contributed by atoms with Gasteiger partial charge in [0.05, 0.1) is 12.3 Å². The van der Waals surface area contributed by atoms with Gasteiger partial charge < -0.3 is 14.8 Å². The Balaban J connectivity index is 2.47. The van der Waals surface area contributed by atoms with Crippen LogP contribution in [0.2, 0.25) is 0 Å². The maximum atomic E-state index is 12.4. The summed E-state index contributed by atoms with van der Waals surface area (Å²) in [6, 6.07) is 12.1. The molecule has 0 saturated heterocycles. The molecule has 0 aliphatic rings. The molecule has 2 rings (SSSR count).